The summed E-state index contributed by atoms with van der Waals surface area (Å²) in [5, 5.41) is 21.6. The van der Waals surface area contributed by atoms with E-state index in [1.807, 2.05) is 0 Å². The minimum Gasteiger partial charge on any atom is -1.00 e. The molecule has 128 valence electrons. The first-order valence-corrected chi connectivity index (χ1v) is 12.2. The normalized spacial score (nSPS) is 8.58. The number of alkyl halides is 2. The molecule has 0 fully saturated rings. The van der Waals surface area contributed by atoms with Gasteiger partial charge in [-0.3, -0.25) is 5.10 Å². The zero-order chi connectivity index (χ0) is 16.0. The fourth-order valence-electron chi connectivity index (χ4n) is 0.725. The summed E-state index contributed by atoms with van der Waals surface area (Å²) < 4.78 is 3.77. The third-order valence-electron chi connectivity index (χ3n) is 1.40. The van der Waals surface area contributed by atoms with Crippen molar-refractivity contribution in [3.8, 4) is 0 Å². The summed E-state index contributed by atoms with van der Waals surface area (Å²) in [6, 6.07) is 0. The molecule has 0 aliphatic heterocycles. The number of hydrogen-bond acceptors (Lipinski definition) is 11. The molecule has 0 saturated heterocycles. The van der Waals surface area contributed by atoms with E-state index in [2.05, 4.69) is 65.4 Å². The van der Waals surface area contributed by atoms with Crippen molar-refractivity contribution in [3.05, 3.63) is 20.5 Å². The van der Waals surface area contributed by atoms with Crippen molar-refractivity contribution in [2.24, 2.45) is 0 Å². The van der Waals surface area contributed by atoms with Gasteiger partial charge in [-0.15, -0.1) is 32.0 Å². The number of aromatic nitrogens is 6. The van der Waals surface area contributed by atoms with E-state index >= 15 is 0 Å². The second-order valence-corrected chi connectivity index (χ2v) is 10.7. The zero-order valence-electron chi connectivity index (χ0n) is 12.0. The number of aromatic amines is 1. The molecular formula is C8H8ClI2N6NaS6. The minimum absolute atomic E-state index is 0. The van der Waals surface area contributed by atoms with E-state index in [1.54, 1.807) is 39.6 Å². The summed E-state index contributed by atoms with van der Waals surface area (Å²) in [5.41, 5.74) is 5.10. The molecule has 24 heavy (non-hydrogen) atoms. The zero-order valence-corrected chi connectivity index (χ0v) is 23.9. The molecule has 0 amide bonds. The van der Waals surface area contributed by atoms with Gasteiger partial charge in [0.15, 0.2) is 12.6 Å². The van der Waals surface area contributed by atoms with E-state index in [1.165, 1.54) is 34.4 Å². The Morgan fingerprint density at radius 3 is 1.96 bits per heavy atom. The quantitative estimate of drug-likeness (QED) is 0.124. The number of halogens is 3. The monoisotopic (exact) mass is 692 g/mol. The maximum absolute atomic E-state index is 5.39. The van der Waals surface area contributed by atoms with Crippen LogP contribution >= 0.6 is 104 Å². The topological polar surface area (TPSA) is 80.2 Å². The molecule has 0 spiro atoms. The van der Waals surface area contributed by atoms with E-state index in [-0.39, 0.29) is 53.5 Å². The first kappa shape index (κ1) is 28.6. The van der Waals surface area contributed by atoms with Crippen molar-refractivity contribution in [1.82, 2.24) is 30.6 Å². The molecule has 3 heterocycles. The summed E-state index contributed by atoms with van der Waals surface area (Å²) in [6.07, 6.45) is 0. The molecule has 0 aliphatic carbocycles. The Hall–Kier alpha value is 2.35. The SMILES string of the molecule is ClCSc1nncs1.ICSc1nncs1.S=c1[nH]ncs1.[I-].[Na+]. The number of hydrogen-bond donors (Lipinski definition) is 1. The van der Waals surface area contributed by atoms with Gasteiger partial charge < -0.3 is 24.0 Å². The summed E-state index contributed by atoms with van der Waals surface area (Å²) in [6.45, 7) is 0. The Balaban J connectivity index is 0. The van der Waals surface area contributed by atoms with Crippen LogP contribution in [0.1, 0.15) is 0 Å². The van der Waals surface area contributed by atoms with Gasteiger partial charge in [-0.2, -0.15) is 5.10 Å². The van der Waals surface area contributed by atoms with Crippen LogP contribution in [-0.2, 0) is 0 Å². The maximum Gasteiger partial charge on any atom is 1.00 e. The van der Waals surface area contributed by atoms with Gasteiger partial charge in [-0.1, -0.05) is 80.1 Å². The third kappa shape index (κ3) is 15.4. The average Bonchev–Trinajstić information content (AvgIpc) is 3.24. The van der Waals surface area contributed by atoms with Gasteiger partial charge in [0, 0.05) is 0 Å². The molecule has 0 bridgehead atoms. The third-order valence-corrected chi connectivity index (χ3v) is 6.69. The van der Waals surface area contributed by atoms with Crippen LogP contribution in [0.25, 0.3) is 0 Å². The fraction of sp³-hybridized carbons (Fsp3) is 0.250. The van der Waals surface area contributed by atoms with Crippen molar-refractivity contribution in [1.29, 1.82) is 0 Å². The van der Waals surface area contributed by atoms with Gasteiger partial charge >= 0.3 is 29.6 Å². The number of thioether (sulfide) groups is 2. The van der Waals surface area contributed by atoms with E-state index in [4.69, 9.17) is 11.6 Å². The van der Waals surface area contributed by atoms with Crippen LogP contribution in [0.15, 0.2) is 25.2 Å². The standard InChI is InChI=1S/C3H3ClN2S2.C3H3IN2S2.C2H2N2S2.HI.Na/c2*4-1-7-3-6-5-2-8-3;5-2-4-3-1-6-2;;/h2*2H,1H2;1H,(H,4,5);1H;/q;;;;+1/p-1. The van der Waals surface area contributed by atoms with Crippen LogP contribution in [-0.4, -0.2) is 39.6 Å². The Morgan fingerprint density at radius 2 is 1.67 bits per heavy atom. The second-order valence-electron chi connectivity index (χ2n) is 2.67. The number of rotatable bonds is 4. The molecule has 6 nitrogen and oxygen atoms in total. The first-order valence-electron chi connectivity index (χ1n) is 5.14. The Labute approximate surface area is 222 Å². The molecular weight excluding hydrogens is 685 g/mol. The van der Waals surface area contributed by atoms with Crippen LogP contribution in [0, 0.1) is 3.95 Å². The van der Waals surface area contributed by atoms with Crippen molar-refractivity contribution < 1.29 is 53.5 Å². The number of nitrogens with one attached hydrogen (secondary N) is 1. The molecule has 16 heteroatoms. The molecule has 3 aromatic rings. The molecule has 0 saturated carbocycles. The van der Waals surface area contributed by atoms with Crippen LogP contribution in [0.5, 0.6) is 0 Å². The van der Waals surface area contributed by atoms with Gasteiger partial charge in [-0.25, -0.2) is 0 Å². The van der Waals surface area contributed by atoms with Gasteiger partial charge in [0.25, 0.3) is 0 Å². The molecule has 3 aromatic heterocycles. The van der Waals surface area contributed by atoms with Crippen molar-refractivity contribution >= 4 is 104 Å². The summed E-state index contributed by atoms with van der Waals surface area (Å²) in [4.78, 5) is 0. The minimum atomic E-state index is 0. The van der Waals surface area contributed by atoms with E-state index in [0.717, 1.165) is 16.4 Å². The van der Waals surface area contributed by atoms with Gasteiger partial charge in [0.05, 0.1) is 8.97 Å². The smallest absolute Gasteiger partial charge is 1.00 e. The molecule has 1 N–H and O–H groups in total. The van der Waals surface area contributed by atoms with Crippen molar-refractivity contribution in [3.63, 3.8) is 0 Å². The van der Waals surface area contributed by atoms with E-state index in [0.29, 0.717) is 5.21 Å². The summed E-state index contributed by atoms with van der Waals surface area (Å²) in [5.74, 6) is 0. The van der Waals surface area contributed by atoms with Gasteiger partial charge in [0.2, 0.25) is 0 Å². The van der Waals surface area contributed by atoms with Crippen LogP contribution in [0.4, 0.5) is 0 Å². The van der Waals surface area contributed by atoms with Gasteiger partial charge in [0.1, 0.15) is 16.5 Å². The van der Waals surface area contributed by atoms with Crippen LogP contribution in [0.3, 0.4) is 0 Å². The predicted octanol–water partition coefficient (Wildman–Crippen LogP) is -0.942. The van der Waals surface area contributed by atoms with E-state index < -0.39 is 0 Å². The van der Waals surface area contributed by atoms with Gasteiger partial charge in [-0.05, 0) is 12.2 Å². The van der Waals surface area contributed by atoms with Crippen LogP contribution in [0.2, 0.25) is 0 Å². The number of nitrogens with zero attached hydrogens (tertiary/aromatic N) is 5. The average molecular weight is 693 g/mol. The van der Waals surface area contributed by atoms with Crippen molar-refractivity contribution in [2.45, 2.75) is 8.68 Å². The van der Waals surface area contributed by atoms with E-state index in [9.17, 15) is 0 Å². The largest absolute Gasteiger partial charge is 1.00 e. The Bertz CT molecular complexity index is 585. The maximum atomic E-state index is 5.39. The summed E-state index contributed by atoms with van der Waals surface area (Å²) >= 11 is 20.0. The fourth-order valence-corrected chi connectivity index (χ4v) is 5.35. The Morgan fingerprint density at radius 1 is 1.08 bits per heavy atom. The molecule has 0 aliphatic rings. The summed E-state index contributed by atoms with van der Waals surface area (Å²) in [7, 11) is 0. The number of H-pyrrole nitrogens is 1. The molecule has 3 rings (SSSR count). The first-order chi connectivity index (χ1) is 10.8. The predicted molar refractivity (Wildman–Crippen MR) is 108 cm³/mol. The molecule has 0 atom stereocenters. The second kappa shape index (κ2) is 20.1. The van der Waals surface area contributed by atoms with Crippen molar-refractivity contribution in [2.75, 3.05) is 8.97 Å². The van der Waals surface area contributed by atoms with Crippen LogP contribution < -0.4 is 53.5 Å². The molecule has 0 aromatic carbocycles. The Kier molecular flexibility index (Phi) is 23.9. The molecule has 0 unspecified atom stereocenters. The molecule has 0 radical (unpaired) electrons.